The van der Waals surface area contributed by atoms with Gasteiger partial charge in [0.25, 0.3) is 0 Å². The van der Waals surface area contributed by atoms with Crippen LogP contribution in [0.15, 0.2) is 0 Å². The number of carbonyl (C=O) groups is 2. The molecule has 0 aliphatic heterocycles. The van der Waals surface area contributed by atoms with Crippen LogP contribution in [-0.4, -0.2) is 33.9 Å². The number of aliphatic carboxylic acids is 1. The molecule has 0 amide bonds. The van der Waals surface area contributed by atoms with Crippen LogP contribution in [0, 0.1) is 0 Å². The molecule has 88 valence electrons. The molecule has 0 aliphatic carbocycles. The predicted molar refractivity (Wildman–Crippen MR) is 53.3 cm³/mol. The highest BCUT2D eigenvalue weighted by Crippen LogP contribution is 2.17. The maximum absolute atomic E-state index is 11.2. The summed E-state index contributed by atoms with van der Waals surface area (Å²) in [5, 5.41) is 17.5. The van der Waals surface area contributed by atoms with Crippen LogP contribution in [-0.2, 0) is 14.3 Å². The quantitative estimate of drug-likeness (QED) is 0.648. The van der Waals surface area contributed by atoms with E-state index in [0.717, 1.165) is 0 Å². The molecular formula is C10H18O5. The number of ether oxygens (including phenoxy) is 1. The fourth-order valence-electron chi connectivity index (χ4n) is 1.32. The van der Waals surface area contributed by atoms with Crippen molar-refractivity contribution in [2.24, 2.45) is 0 Å². The molecule has 0 spiro atoms. The van der Waals surface area contributed by atoms with Crippen LogP contribution in [0.3, 0.4) is 0 Å². The predicted octanol–water partition coefficient (Wildman–Crippen LogP) is 0.944. The van der Waals surface area contributed by atoms with Crippen LogP contribution in [0.4, 0.5) is 0 Å². The van der Waals surface area contributed by atoms with Gasteiger partial charge in [-0.2, -0.15) is 0 Å². The van der Waals surface area contributed by atoms with Gasteiger partial charge >= 0.3 is 11.9 Å². The number of carboxylic acids is 1. The minimum Gasteiger partial charge on any atom is -0.481 e. The fraction of sp³-hybridized carbons (Fsp3) is 0.800. The minimum atomic E-state index is -1.03. The van der Waals surface area contributed by atoms with Gasteiger partial charge in [-0.25, -0.2) is 0 Å². The lowest BCUT2D eigenvalue weighted by Crippen LogP contribution is -2.31. The molecule has 0 rings (SSSR count). The Bertz CT molecular complexity index is 232. The van der Waals surface area contributed by atoms with Crippen LogP contribution in [0.2, 0.25) is 0 Å². The molecule has 5 nitrogen and oxygen atoms in total. The maximum Gasteiger partial charge on any atom is 0.306 e. The summed E-state index contributed by atoms with van der Waals surface area (Å²) in [5.74, 6) is -1.58. The summed E-state index contributed by atoms with van der Waals surface area (Å²) < 4.78 is 5.04. The molecule has 0 heterocycles. The molecule has 1 atom stereocenters. The van der Waals surface area contributed by atoms with E-state index < -0.39 is 23.6 Å². The first-order chi connectivity index (χ1) is 6.73. The highest BCUT2D eigenvalue weighted by atomic mass is 16.6. The fourth-order valence-corrected chi connectivity index (χ4v) is 1.32. The van der Waals surface area contributed by atoms with Gasteiger partial charge in [-0.1, -0.05) is 0 Å². The Morgan fingerprint density at radius 1 is 1.33 bits per heavy atom. The average Bonchev–Trinajstić information content (AvgIpc) is 1.96. The van der Waals surface area contributed by atoms with Gasteiger partial charge in [-0.3, -0.25) is 9.59 Å². The number of hydrogen-bond acceptors (Lipinski definition) is 4. The van der Waals surface area contributed by atoms with Crippen LogP contribution in [0.25, 0.3) is 0 Å². The van der Waals surface area contributed by atoms with Crippen LogP contribution < -0.4 is 0 Å². The van der Waals surface area contributed by atoms with Gasteiger partial charge < -0.3 is 14.9 Å². The molecule has 0 fully saturated rings. The third-order valence-corrected chi connectivity index (χ3v) is 1.72. The molecule has 15 heavy (non-hydrogen) atoms. The van der Waals surface area contributed by atoms with Gasteiger partial charge in [-0.05, 0) is 20.8 Å². The molecular weight excluding hydrogens is 200 g/mol. The van der Waals surface area contributed by atoms with Crippen molar-refractivity contribution in [3.63, 3.8) is 0 Å². The number of esters is 1. The number of aliphatic hydroxyl groups excluding tert-OH is 1. The molecule has 0 saturated carbocycles. The Morgan fingerprint density at radius 2 is 1.87 bits per heavy atom. The molecule has 0 aromatic rings. The third kappa shape index (κ3) is 7.93. The van der Waals surface area contributed by atoms with Crippen molar-refractivity contribution in [2.45, 2.75) is 51.7 Å². The molecule has 0 aromatic carbocycles. The zero-order valence-corrected chi connectivity index (χ0v) is 9.32. The van der Waals surface area contributed by atoms with E-state index in [2.05, 4.69) is 0 Å². The Hall–Kier alpha value is -1.10. The third-order valence-electron chi connectivity index (χ3n) is 1.72. The molecule has 0 saturated heterocycles. The second-order valence-electron chi connectivity index (χ2n) is 4.18. The molecule has 1 unspecified atom stereocenters. The second kappa shape index (κ2) is 5.70. The molecule has 0 bridgehead atoms. The number of carbonyl (C=O) groups excluding carboxylic acids is 1. The summed E-state index contributed by atoms with van der Waals surface area (Å²) in [6.07, 6.45) is -0.610. The monoisotopic (exact) mass is 218 g/mol. The summed E-state index contributed by atoms with van der Waals surface area (Å²) >= 11 is 0. The summed E-state index contributed by atoms with van der Waals surface area (Å²) in [4.78, 5) is 21.4. The van der Waals surface area contributed by atoms with Crippen LogP contribution in [0.5, 0.6) is 0 Å². The lowest BCUT2D eigenvalue weighted by Gasteiger charge is -2.26. The second-order valence-corrected chi connectivity index (χ2v) is 4.18. The maximum atomic E-state index is 11.2. The number of hydrogen-bond donors (Lipinski definition) is 2. The standard InChI is InChI=1S/C10H18O5/c1-7(11)6-10(2,3)15-9(14)5-4-8(12)13/h7,11H,4-6H2,1-3H3,(H,12,13). The van der Waals surface area contributed by atoms with E-state index in [1.807, 2.05) is 0 Å². The van der Waals surface area contributed by atoms with E-state index in [9.17, 15) is 9.59 Å². The molecule has 5 heteroatoms. The van der Waals surface area contributed by atoms with E-state index in [1.165, 1.54) is 0 Å². The van der Waals surface area contributed by atoms with Gasteiger partial charge in [0, 0.05) is 6.42 Å². The van der Waals surface area contributed by atoms with Crippen molar-refractivity contribution >= 4 is 11.9 Å². The molecule has 0 aromatic heterocycles. The van der Waals surface area contributed by atoms with Gasteiger partial charge in [0.15, 0.2) is 0 Å². The number of aliphatic hydroxyl groups is 1. The summed E-state index contributed by atoms with van der Waals surface area (Å²) in [6, 6.07) is 0. The van der Waals surface area contributed by atoms with E-state index in [4.69, 9.17) is 14.9 Å². The molecule has 0 aliphatic rings. The van der Waals surface area contributed by atoms with Crippen molar-refractivity contribution in [2.75, 3.05) is 0 Å². The summed E-state index contributed by atoms with van der Waals surface area (Å²) in [5.41, 5.74) is -0.760. The van der Waals surface area contributed by atoms with Crippen molar-refractivity contribution in [1.29, 1.82) is 0 Å². The van der Waals surface area contributed by atoms with E-state index >= 15 is 0 Å². The SMILES string of the molecule is CC(O)CC(C)(C)OC(=O)CCC(=O)O. The Balaban J connectivity index is 3.98. The van der Waals surface area contributed by atoms with Crippen molar-refractivity contribution in [3.8, 4) is 0 Å². The lowest BCUT2D eigenvalue weighted by molar-refractivity contribution is -0.160. The van der Waals surface area contributed by atoms with E-state index in [0.29, 0.717) is 6.42 Å². The Labute approximate surface area is 89.0 Å². The average molecular weight is 218 g/mol. The van der Waals surface area contributed by atoms with E-state index in [-0.39, 0.29) is 12.8 Å². The zero-order chi connectivity index (χ0) is 12.1. The van der Waals surface area contributed by atoms with Gasteiger partial charge in [0.2, 0.25) is 0 Å². The Morgan fingerprint density at radius 3 is 2.27 bits per heavy atom. The van der Waals surface area contributed by atoms with E-state index in [1.54, 1.807) is 20.8 Å². The first kappa shape index (κ1) is 13.9. The topological polar surface area (TPSA) is 83.8 Å². The van der Waals surface area contributed by atoms with Gasteiger partial charge in [0.05, 0.1) is 18.9 Å². The van der Waals surface area contributed by atoms with Crippen molar-refractivity contribution < 1.29 is 24.5 Å². The molecule has 0 radical (unpaired) electrons. The first-order valence-electron chi connectivity index (χ1n) is 4.84. The van der Waals surface area contributed by atoms with Gasteiger partial charge in [-0.15, -0.1) is 0 Å². The molecule has 2 N–H and O–H groups in total. The highest BCUT2D eigenvalue weighted by molar-refractivity contribution is 5.76. The number of rotatable bonds is 6. The van der Waals surface area contributed by atoms with Gasteiger partial charge in [0.1, 0.15) is 5.60 Å². The largest absolute Gasteiger partial charge is 0.481 e. The van der Waals surface area contributed by atoms with Crippen molar-refractivity contribution in [3.05, 3.63) is 0 Å². The van der Waals surface area contributed by atoms with Crippen LogP contribution >= 0.6 is 0 Å². The lowest BCUT2D eigenvalue weighted by atomic mass is 10.0. The van der Waals surface area contributed by atoms with Crippen LogP contribution in [0.1, 0.15) is 40.0 Å². The first-order valence-corrected chi connectivity index (χ1v) is 4.84. The highest BCUT2D eigenvalue weighted by Gasteiger charge is 2.24. The Kier molecular flexibility index (Phi) is 5.28. The number of carboxylic acid groups (broad SMARTS) is 1. The normalized spacial score (nSPS) is 13.3. The van der Waals surface area contributed by atoms with Crippen molar-refractivity contribution in [1.82, 2.24) is 0 Å². The smallest absolute Gasteiger partial charge is 0.306 e. The zero-order valence-electron chi connectivity index (χ0n) is 9.32. The summed E-state index contributed by atoms with van der Waals surface area (Å²) in [7, 11) is 0. The summed E-state index contributed by atoms with van der Waals surface area (Å²) in [6.45, 7) is 4.96. The minimum absolute atomic E-state index is 0.140.